The number of halogens is 2. The Morgan fingerprint density at radius 2 is 1.71 bits per heavy atom. The lowest BCUT2D eigenvalue weighted by Crippen LogP contribution is -2.45. The molecular weight excluding hydrogens is 385 g/mol. The van der Waals surface area contributed by atoms with Gasteiger partial charge in [-0.05, 0) is 12.1 Å². The first kappa shape index (κ1) is 20.2. The van der Waals surface area contributed by atoms with Crippen LogP contribution in [0.25, 0.3) is 0 Å². The van der Waals surface area contributed by atoms with Crippen molar-refractivity contribution >= 4 is 51.0 Å². The van der Waals surface area contributed by atoms with Gasteiger partial charge in [0.25, 0.3) is 0 Å². The van der Waals surface area contributed by atoms with E-state index in [2.05, 4.69) is 0 Å². The number of carbonyl (C=O) groups is 3. The number of carbonyl (C=O) groups excluding carboxylic acids is 2. The molecule has 24 heavy (non-hydrogen) atoms. The van der Waals surface area contributed by atoms with E-state index in [9.17, 15) is 22.8 Å². The standard InChI is InChI=1S/C12H13Cl2N3O6S/c13-7-2-1-3-8(14)12(7)24(22,23)17(5-9(15)18)6-10(19)16-4-11(20)21/h1-3H,4-6H2,(H2,15,18)(H,16,19)(H,20,21). The van der Waals surface area contributed by atoms with Gasteiger partial charge in [0.1, 0.15) is 11.4 Å². The highest BCUT2D eigenvalue weighted by Crippen LogP contribution is 2.31. The number of hydrogen-bond acceptors (Lipinski definition) is 5. The van der Waals surface area contributed by atoms with E-state index in [1.807, 2.05) is 5.32 Å². The number of primary amides is 1. The summed E-state index contributed by atoms with van der Waals surface area (Å²) in [5.41, 5.74) is 5.01. The Labute approximate surface area is 147 Å². The fourth-order valence-corrected chi connectivity index (χ4v) is 4.10. The van der Waals surface area contributed by atoms with Crippen LogP contribution in [0.4, 0.5) is 0 Å². The fourth-order valence-electron chi connectivity index (χ4n) is 1.65. The van der Waals surface area contributed by atoms with Gasteiger partial charge in [-0.25, -0.2) is 8.42 Å². The summed E-state index contributed by atoms with van der Waals surface area (Å²) < 4.78 is 25.7. The van der Waals surface area contributed by atoms with Crippen molar-refractivity contribution in [3.05, 3.63) is 28.2 Å². The molecule has 0 aliphatic carbocycles. The zero-order chi connectivity index (χ0) is 18.5. The van der Waals surface area contributed by atoms with Gasteiger partial charge in [-0.15, -0.1) is 0 Å². The second-order valence-corrected chi connectivity index (χ2v) is 7.15. The van der Waals surface area contributed by atoms with Crippen LogP contribution in [0.2, 0.25) is 10.0 Å². The van der Waals surface area contributed by atoms with Crippen molar-refractivity contribution in [2.24, 2.45) is 5.73 Å². The lowest BCUT2D eigenvalue weighted by molar-refractivity contribution is -0.138. The summed E-state index contributed by atoms with van der Waals surface area (Å²) in [6.07, 6.45) is 0. The molecule has 1 rings (SSSR count). The van der Waals surface area contributed by atoms with Crippen LogP contribution in [0.1, 0.15) is 0 Å². The van der Waals surface area contributed by atoms with Gasteiger partial charge in [-0.1, -0.05) is 29.3 Å². The molecule has 1 aromatic carbocycles. The van der Waals surface area contributed by atoms with E-state index in [-0.39, 0.29) is 10.0 Å². The summed E-state index contributed by atoms with van der Waals surface area (Å²) in [6.45, 7) is -2.36. The van der Waals surface area contributed by atoms with Gasteiger partial charge in [0, 0.05) is 0 Å². The molecule has 0 radical (unpaired) electrons. The lowest BCUT2D eigenvalue weighted by atomic mass is 10.4. The molecule has 0 aromatic heterocycles. The first-order valence-corrected chi connectivity index (χ1v) is 8.46. The van der Waals surface area contributed by atoms with Crippen LogP contribution in [-0.2, 0) is 24.4 Å². The summed E-state index contributed by atoms with van der Waals surface area (Å²) >= 11 is 11.7. The zero-order valence-corrected chi connectivity index (χ0v) is 14.4. The van der Waals surface area contributed by atoms with Crippen LogP contribution in [0.3, 0.4) is 0 Å². The van der Waals surface area contributed by atoms with Crippen LogP contribution in [0, 0.1) is 0 Å². The Morgan fingerprint density at radius 1 is 1.17 bits per heavy atom. The van der Waals surface area contributed by atoms with Crippen molar-refractivity contribution in [2.45, 2.75) is 4.90 Å². The normalized spacial score (nSPS) is 11.3. The van der Waals surface area contributed by atoms with Crippen LogP contribution in [0.5, 0.6) is 0 Å². The van der Waals surface area contributed by atoms with Crippen LogP contribution in [0.15, 0.2) is 23.1 Å². The Kier molecular flexibility index (Phi) is 6.96. The third-order valence-electron chi connectivity index (χ3n) is 2.61. The quantitative estimate of drug-likeness (QED) is 0.546. The number of carboxylic acids is 1. The second kappa shape index (κ2) is 8.29. The smallest absolute Gasteiger partial charge is 0.322 e. The van der Waals surface area contributed by atoms with Gasteiger partial charge in [0.05, 0.1) is 23.1 Å². The molecule has 9 nitrogen and oxygen atoms in total. The third-order valence-corrected chi connectivity index (χ3v) is 5.35. The minimum Gasteiger partial charge on any atom is -0.480 e. The molecule has 0 atom stereocenters. The van der Waals surface area contributed by atoms with Gasteiger partial charge in [0.15, 0.2) is 0 Å². The maximum absolute atomic E-state index is 12.6. The van der Waals surface area contributed by atoms with Gasteiger partial charge >= 0.3 is 5.97 Å². The maximum atomic E-state index is 12.6. The second-order valence-electron chi connectivity index (χ2n) is 4.46. The monoisotopic (exact) mass is 397 g/mol. The van der Waals surface area contributed by atoms with Gasteiger partial charge < -0.3 is 16.2 Å². The number of amides is 2. The molecule has 0 fully saturated rings. The lowest BCUT2D eigenvalue weighted by Gasteiger charge is -2.21. The number of sulfonamides is 1. The zero-order valence-electron chi connectivity index (χ0n) is 12.0. The Hall–Kier alpha value is -1.88. The molecule has 0 saturated carbocycles. The number of nitrogens with zero attached hydrogens (tertiary/aromatic N) is 1. The minimum atomic E-state index is -4.43. The number of aliphatic carboxylic acids is 1. The molecule has 0 saturated heterocycles. The molecule has 12 heteroatoms. The molecule has 0 spiro atoms. The number of rotatable bonds is 8. The molecular formula is C12H13Cl2N3O6S. The highest BCUT2D eigenvalue weighted by atomic mass is 35.5. The molecule has 0 aliphatic heterocycles. The number of hydrogen-bond donors (Lipinski definition) is 3. The van der Waals surface area contributed by atoms with E-state index in [4.69, 9.17) is 34.0 Å². The number of nitrogens with two attached hydrogens (primary N) is 1. The Bertz CT molecular complexity index is 748. The van der Waals surface area contributed by atoms with E-state index in [0.29, 0.717) is 4.31 Å². The largest absolute Gasteiger partial charge is 0.480 e. The van der Waals surface area contributed by atoms with Crippen molar-refractivity contribution < 1.29 is 27.9 Å². The summed E-state index contributed by atoms with van der Waals surface area (Å²) in [6, 6.07) is 3.96. The molecule has 0 bridgehead atoms. The fraction of sp³-hybridized carbons (Fsp3) is 0.250. The first-order valence-electron chi connectivity index (χ1n) is 6.26. The van der Waals surface area contributed by atoms with E-state index >= 15 is 0 Å². The van der Waals surface area contributed by atoms with Crippen molar-refractivity contribution in [2.75, 3.05) is 19.6 Å². The summed E-state index contributed by atoms with van der Waals surface area (Å²) in [7, 11) is -4.43. The Morgan fingerprint density at radius 3 is 2.17 bits per heavy atom. The number of nitrogens with one attached hydrogen (secondary N) is 1. The molecule has 2 amide bonds. The minimum absolute atomic E-state index is 0.206. The van der Waals surface area contributed by atoms with Gasteiger partial charge in [-0.2, -0.15) is 4.31 Å². The van der Waals surface area contributed by atoms with Crippen LogP contribution < -0.4 is 11.1 Å². The summed E-state index contributed by atoms with van der Waals surface area (Å²) in [5, 5.41) is 10.1. The number of carboxylic acid groups (broad SMARTS) is 1. The molecule has 0 unspecified atom stereocenters. The predicted octanol–water partition coefficient (Wildman–Crippen LogP) is -0.330. The molecule has 132 valence electrons. The number of benzene rings is 1. The summed E-state index contributed by atoms with van der Waals surface area (Å²) in [5.74, 6) is -3.28. The van der Waals surface area contributed by atoms with Crippen molar-refractivity contribution in [3.8, 4) is 0 Å². The van der Waals surface area contributed by atoms with Crippen LogP contribution in [-0.4, -0.2) is 55.2 Å². The SMILES string of the molecule is NC(=O)CN(CC(=O)NCC(=O)O)S(=O)(=O)c1c(Cl)cccc1Cl. The first-order chi connectivity index (χ1) is 11.1. The summed E-state index contributed by atoms with van der Waals surface area (Å²) in [4.78, 5) is 32.8. The van der Waals surface area contributed by atoms with Crippen molar-refractivity contribution in [3.63, 3.8) is 0 Å². The van der Waals surface area contributed by atoms with Crippen molar-refractivity contribution in [1.29, 1.82) is 0 Å². The average Bonchev–Trinajstić information content (AvgIpc) is 2.43. The van der Waals surface area contributed by atoms with E-state index < -0.39 is 52.3 Å². The molecule has 1 aromatic rings. The average molecular weight is 398 g/mol. The van der Waals surface area contributed by atoms with Crippen LogP contribution >= 0.6 is 23.2 Å². The Balaban J connectivity index is 3.17. The van der Waals surface area contributed by atoms with Gasteiger partial charge in [0.2, 0.25) is 21.8 Å². The van der Waals surface area contributed by atoms with Gasteiger partial charge in [-0.3, -0.25) is 14.4 Å². The topological polar surface area (TPSA) is 147 Å². The molecule has 4 N–H and O–H groups in total. The maximum Gasteiger partial charge on any atom is 0.322 e. The third kappa shape index (κ3) is 5.34. The predicted molar refractivity (Wildman–Crippen MR) is 85.1 cm³/mol. The molecule has 0 heterocycles. The van der Waals surface area contributed by atoms with E-state index in [1.165, 1.54) is 18.2 Å². The van der Waals surface area contributed by atoms with Crippen molar-refractivity contribution in [1.82, 2.24) is 9.62 Å². The van der Waals surface area contributed by atoms with E-state index in [1.54, 1.807) is 0 Å². The molecule has 0 aliphatic rings. The highest BCUT2D eigenvalue weighted by molar-refractivity contribution is 7.89. The highest BCUT2D eigenvalue weighted by Gasteiger charge is 2.31. The van der Waals surface area contributed by atoms with E-state index in [0.717, 1.165) is 0 Å².